The molecule has 0 aliphatic heterocycles. The number of anilines is 2. The number of aryl methyl sites for hydroxylation is 1. The van der Waals surface area contributed by atoms with E-state index in [1.165, 1.54) is 26.0 Å². The molecule has 2 amide bonds. The molecule has 0 unspecified atom stereocenters. The van der Waals surface area contributed by atoms with Gasteiger partial charge in [0.25, 0.3) is 0 Å². The Morgan fingerprint density at radius 3 is 1.76 bits per heavy atom. The van der Waals surface area contributed by atoms with Crippen molar-refractivity contribution in [2.75, 3.05) is 10.6 Å². The molecule has 0 aliphatic rings. The first-order valence-corrected chi connectivity index (χ1v) is 12.1. The quantitative estimate of drug-likeness (QED) is 0.391. The van der Waals surface area contributed by atoms with Crippen molar-refractivity contribution < 1.29 is 18.0 Å². The number of amides is 2. The van der Waals surface area contributed by atoms with Crippen molar-refractivity contribution in [3.8, 4) is 0 Å². The number of carbonyl (C=O) groups is 2. The lowest BCUT2D eigenvalue weighted by molar-refractivity contribution is -0.115. The third kappa shape index (κ3) is 6.07. The predicted molar refractivity (Wildman–Crippen MR) is 133 cm³/mol. The number of hydrogen-bond donors (Lipinski definition) is 4. The van der Waals surface area contributed by atoms with E-state index in [1.54, 1.807) is 60.7 Å². The van der Waals surface area contributed by atoms with E-state index in [2.05, 4.69) is 15.4 Å². The molecule has 0 fully saturated rings. The molecular weight excluding hydrogens is 452 g/mol. The standard InChI is InChI=1S/C25H28N4O4S/c1-16-12-14-19(15-13-16)34(32,33)29-25(21-9-5-7-11-23(21)28-18(3)31)24(26)20-8-4-6-10-22(20)27-17(2)30/h4-15,24-25,29H,26H2,1-3H3,(H,27,30)(H,28,31)/t24-,25-/m1/s1. The summed E-state index contributed by atoms with van der Waals surface area (Å²) < 4.78 is 29.4. The minimum absolute atomic E-state index is 0.0856. The van der Waals surface area contributed by atoms with Gasteiger partial charge in [-0.2, -0.15) is 0 Å². The number of benzene rings is 3. The van der Waals surface area contributed by atoms with Gasteiger partial charge in [-0.25, -0.2) is 13.1 Å². The van der Waals surface area contributed by atoms with Gasteiger partial charge in [-0.15, -0.1) is 0 Å². The molecule has 0 aliphatic carbocycles. The summed E-state index contributed by atoms with van der Waals surface area (Å²) in [6, 6.07) is 18.4. The van der Waals surface area contributed by atoms with Crippen molar-refractivity contribution in [1.82, 2.24) is 4.72 Å². The molecule has 2 atom stereocenters. The van der Waals surface area contributed by atoms with Crippen molar-refractivity contribution >= 4 is 33.2 Å². The molecule has 0 aromatic heterocycles. The lowest BCUT2D eigenvalue weighted by Crippen LogP contribution is -2.37. The maximum absolute atomic E-state index is 13.3. The summed E-state index contributed by atoms with van der Waals surface area (Å²) in [4.78, 5) is 23.6. The summed E-state index contributed by atoms with van der Waals surface area (Å²) in [5, 5.41) is 5.48. The van der Waals surface area contributed by atoms with Crippen LogP contribution in [0.3, 0.4) is 0 Å². The van der Waals surface area contributed by atoms with E-state index in [-0.39, 0.29) is 16.7 Å². The number of sulfonamides is 1. The highest BCUT2D eigenvalue weighted by Crippen LogP contribution is 2.36. The minimum atomic E-state index is -3.99. The van der Waals surface area contributed by atoms with Crippen LogP contribution in [0.2, 0.25) is 0 Å². The average molecular weight is 481 g/mol. The zero-order valence-corrected chi connectivity index (χ0v) is 20.0. The minimum Gasteiger partial charge on any atom is -0.326 e. The topological polar surface area (TPSA) is 130 Å². The largest absolute Gasteiger partial charge is 0.326 e. The molecular formula is C25H28N4O4S. The highest BCUT2D eigenvalue weighted by molar-refractivity contribution is 7.89. The van der Waals surface area contributed by atoms with Crippen LogP contribution in [0.15, 0.2) is 77.7 Å². The molecule has 34 heavy (non-hydrogen) atoms. The molecule has 5 N–H and O–H groups in total. The monoisotopic (exact) mass is 480 g/mol. The van der Waals surface area contributed by atoms with E-state index in [1.807, 2.05) is 6.92 Å². The fraction of sp³-hybridized carbons (Fsp3) is 0.200. The van der Waals surface area contributed by atoms with E-state index < -0.39 is 22.1 Å². The normalized spacial score (nSPS) is 13.1. The fourth-order valence-corrected chi connectivity index (χ4v) is 4.86. The number of nitrogens with one attached hydrogen (secondary N) is 3. The highest BCUT2D eigenvalue weighted by Gasteiger charge is 2.30. The van der Waals surface area contributed by atoms with E-state index in [9.17, 15) is 18.0 Å². The van der Waals surface area contributed by atoms with Gasteiger partial charge in [0.05, 0.1) is 17.0 Å². The van der Waals surface area contributed by atoms with Crippen LogP contribution in [0, 0.1) is 6.92 Å². The van der Waals surface area contributed by atoms with Crippen LogP contribution in [-0.4, -0.2) is 20.2 Å². The summed E-state index contributed by atoms with van der Waals surface area (Å²) in [6.45, 7) is 4.62. The Morgan fingerprint density at radius 1 is 0.765 bits per heavy atom. The van der Waals surface area contributed by atoms with Crippen LogP contribution >= 0.6 is 0 Å². The Bertz CT molecular complexity index is 1290. The van der Waals surface area contributed by atoms with Crippen molar-refractivity contribution in [3.63, 3.8) is 0 Å². The van der Waals surface area contributed by atoms with E-state index in [4.69, 9.17) is 5.73 Å². The van der Waals surface area contributed by atoms with Crippen LogP contribution in [0.5, 0.6) is 0 Å². The molecule has 0 radical (unpaired) electrons. The Labute approximate surface area is 199 Å². The SMILES string of the molecule is CC(=O)Nc1ccccc1[C@@H](N)[C@H](NS(=O)(=O)c1ccc(C)cc1)c1ccccc1NC(C)=O. The first-order valence-electron chi connectivity index (χ1n) is 10.7. The predicted octanol–water partition coefficient (Wildman–Crippen LogP) is 3.63. The van der Waals surface area contributed by atoms with Gasteiger partial charge in [0.1, 0.15) is 0 Å². The van der Waals surface area contributed by atoms with Crippen LogP contribution in [-0.2, 0) is 19.6 Å². The zero-order chi connectivity index (χ0) is 24.9. The molecule has 3 aromatic carbocycles. The number of rotatable bonds is 8. The van der Waals surface area contributed by atoms with E-state index >= 15 is 0 Å². The molecule has 0 spiro atoms. The van der Waals surface area contributed by atoms with Gasteiger partial charge in [-0.05, 0) is 42.3 Å². The lowest BCUT2D eigenvalue weighted by Gasteiger charge is -2.29. The van der Waals surface area contributed by atoms with E-state index in [0.29, 0.717) is 22.5 Å². The summed E-state index contributed by atoms with van der Waals surface area (Å²) in [6.07, 6.45) is 0. The van der Waals surface area contributed by atoms with Crippen molar-refractivity contribution in [2.45, 2.75) is 37.8 Å². The maximum Gasteiger partial charge on any atom is 0.241 e. The number of hydrogen-bond acceptors (Lipinski definition) is 5. The molecule has 8 nitrogen and oxygen atoms in total. The molecule has 0 bridgehead atoms. The third-order valence-electron chi connectivity index (χ3n) is 5.21. The second kappa shape index (κ2) is 10.6. The van der Waals surface area contributed by atoms with Gasteiger partial charge < -0.3 is 16.4 Å². The molecule has 3 aromatic rings. The fourth-order valence-electron chi connectivity index (χ4n) is 3.63. The molecule has 0 saturated carbocycles. The number of carbonyl (C=O) groups excluding carboxylic acids is 2. The van der Waals surface area contributed by atoms with Gasteiger partial charge in [0.15, 0.2) is 0 Å². The lowest BCUT2D eigenvalue weighted by atomic mass is 9.92. The Balaban J connectivity index is 2.13. The van der Waals surface area contributed by atoms with Gasteiger partial charge in [-0.3, -0.25) is 9.59 Å². The van der Waals surface area contributed by atoms with Crippen molar-refractivity contribution in [1.29, 1.82) is 0 Å². The molecule has 178 valence electrons. The number of para-hydroxylation sites is 2. The van der Waals surface area contributed by atoms with Crippen LogP contribution < -0.4 is 21.1 Å². The second-order valence-electron chi connectivity index (χ2n) is 7.97. The molecule has 9 heteroatoms. The van der Waals surface area contributed by atoms with Crippen LogP contribution in [0.1, 0.15) is 42.6 Å². The van der Waals surface area contributed by atoms with Gasteiger partial charge >= 0.3 is 0 Å². The van der Waals surface area contributed by atoms with Crippen molar-refractivity contribution in [2.24, 2.45) is 5.73 Å². The van der Waals surface area contributed by atoms with Crippen LogP contribution in [0.25, 0.3) is 0 Å². The second-order valence-corrected chi connectivity index (χ2v) is 9.69. The van der Waals surface area contributed by atoms with Gasteiger partial charge in [-0.1, -0.05) is 54.1 Å². The highest BCUT2D eigenvalue weighted by atomic mass is 32.2. The van der Waals surface area contributed by atoms with Crippen LogP contribution in [0.4, 0.5) is 11.4 Å². The first kappa shape index (κ1) is 25.1. The summed E-state index contributed by atoms with van der Waals surface area (Å²) in [5.41, 5.74) is 9.51. The van der Waals surface area contributed by atoms with Crippen molar-refractivity contribution in [3.05, 3.63) is 89.5 Å². The van der Waals surface area contributed by atoms with Gasteiger partial charge in [0.2, 0.25) is 21.8 Å². The van der Waals surface area contributed by atoms with E-state index in [0.717, 1.165) is 5.56 Å². The summed E-state index contributed by atoms with van der Waals surface area (Å²) >= 11 is 0. The Hall–Kier alpha value is -3.53. The average Bonchev–Trinajstić information content (AvgIpc) is 2.77. The molecule has 0 heterocycles. The summed E-state index contributed by atoms with van der Waals surface area (Å²) in [5.74, 6) is -0.588. The van der Waals surface area contributed by atoms with Gasteiger partial charge in [0, 0.05) is 25.2 Å². The first-order chi connectivity index (χ1) is 16.1. The maximum atomic E-state index is 13.3. The number of nitrogens with two attached hydrogens (primary N) is 1. The summed E-state index contributed by atoms with van der Waals surface area (Å²) in [7, 11) is -3.99. The molecule has 3 rings (SSSR count). The smallest absolute Gasteiger partial charge is 0.241 e. The third-order valence-corrected chi connectivity index (χ3v) is 6.67. The zero-order valence-electron chi connectivity index (χ0n) is 19.2. The Kier molecular flexibility index (Phi) is 7.83. The molecule has 0 saturated heterocycles. The Morgan fingerprint density at radius 2 is 1.24 bits per heavy atom.